The number of aryl methyl sites for hydroxylation is 2. The number of carbonyl (C=O) groups excluding carboxylic acids is 2. The molecule has 1 saturated heterocycles. The fourth-order valence-electron chi connectivity index (χ4n) is 2.42. The zero-order chi connectivity index (χ0) is 16.1. The fourth-order valence-corrected chi connectivity index (χ4v) is 3.60. The first kappa shape index (κ1) is 16.9. The smallest absolute Gasteiger partial charge is 0.248 e. The second-order valence-electron chi connectivity index (χ2n) is 5.77. The molecule has 120 valence electrons. The first-order valence-corrected chi connectivity index (χ1v) is 8.93. The van der Waals surface area contributed by atoms with Gasteiger partial charge in [0.1, 0.15) is 6.04 Å². The van der Waals surface area contributed by atoms with Crippen LogP contribution in [-0.2, 0) is 9.59 Å². The summed E-state index contributed by atoms with van der Waals surface area (Å²) < 4.78 is 0. The van der Waals surface area contributed by atoms with Gasteiger partial charge in [-0.15, -0.1) is 11.8 Å². The van der Waals surface area contributed by atoms with Gasteiger partial charge in [0, 0.05) is 17.9 Å². The van der Waals surface area contributed by atoms with Crippen molar-refractivity contribution in [1.82, 2.24) is 4.90 Å². The highest BCUT2D eigenvalue weighted by Gasteiger charge is 2.34. The highest BCUT2D eigenvalue weighted by Crippen LogP contribution is 2.24. The van der Waals surface area contributed by atoms with E-state index in [2.05, 4.69) is 12.2 Å². The van der Waals surface area contributed by atoms with Gasteiger partial charge in [0.05, 0.1) is 5.88 Å². The van der Waals surface area contributed by atoms with Crippen molar-refractivity contribution in [3.05, 3.63) is 29.3 Å². The number of hydrogen-bond acceptors (Lipinski definition) is 3. The molecule has 2 rings (SSSR count). The van der Waals surface area contributed by atoms with Crippen LogP contribution in [0.4, 0.5) is 5.69 Å². The molecule has 5 heteroatoms. The Bertz CT molecular complexity index is 560. The molecular weight excluding hydrogens is 296 g/mol. The molecule has 1 aromatic rings. The van der Waals surface area contributed by atoms with E-state index >= 15 is 0 Å². The minimum atomic E-state index is -0.351. The van der Waals surface area contributed by atoms with Gasteiger partial charge in [-0.25, -0.2) is 0 Å². The number of rotatable bonds is 5. The van der Waals surface area contributed by atoms with Crippen molar-refractivity contribution in [3.63, 3.8) is 0 Å². The van der Waals surface area contributed by atoms with Crippen molar-refractivity contribution < 1.29 is 9.59 Å². The average molecular weight is 320 g/mol. The molecule has 4 nitrogen and oxygen atoms in total. The number of unbranched alkanes of at least 4 members (excludes halogenated alkanes) is 1. The Balaban J connectivity index is 2.01. The van der Waals surface area contributed by atoms with E-state index in [9.17, 15) is 9.59 Å². The maximum Gasteiger partial charge on any atom is 0.248 e. The molecule has 1 heterocycles. The van der Waals surface area contributed by atoms with E-state index in [4.69, 9.17) is 0 Å². The molecule has 1 aliphatic rings. The van der Waals surface area contributed by atoms with E-state index in [0.717, 1.165) is 24.1 Å². The largest absolute Gasteiger partial charge is 0.324 e. The number of carbonyl (C=O) groups is 2. The van der Waals surface area contributed by atoms with Crippen molar-refractivity contribution in [2.24, 2.45) is 0 Å². The summed E-state index contributed by atoms with van der Waals surface area (Å²) >= 11 is 1.64. The quantitative estimate of drug-likeness (QED) is 0.905. The SMILES string of the molecule is CCCCC(=O)N1CSCC1C(=O)Nc1ccc(C)c(C)c1. The van der Waals surface area contributed by atoms with Gasteiger partial charge in [0.15, 0.2) is 0 Å². The second kappa shape index (κ2) is 7.68. The molecule has 0 saturated carbocycles. The van der Waals surface area contributed by atoms with Crippen LogP contribution in [-0.4, -0.2) is 34.4 Å². The number of thioether (sulfide) groups is 1. The van der Waals surface area contributed by atoms with E-state index < -0.39 is 0 Å². The third-order valence-electron chi connectivity index (χ3n) is 4.02. The van der Waals surface area contributed by atoms with Crippen molar-refractivity contribution in [2.75, 3.05) is 16.9 Å². The summed E-state index contributed by atoms with van der Waals surface area (Å²) in [5.41, 5.74) is 3.14. The van der Waals surface area contributed by atoms with E-state index in [0.29, 0.717) is 18.1 Å². The molecule has 1 aromatic carbocycles. The van der Waals surface area contributed by atoms with Crippen molar-refractivity contribution in [1.29, 1.82) is 0 Å². The van der Waals surface area contributed by atoms with Crippen LogP contribution in [0.2, 0.25) is 0 Å². The van der Waals surface area contributed by atoms with Crippen LogP contribution < -0.4 is 5.32 Å². The molecule has 0 aliphatic carbocycles. The van der Waals surface area contributed by atoms with Crippen molar-refractivity contribution >= 4 is 29.3 Å². The number of nitrogens with one attached hydrogen (secondary N) is 1. The van der Waals surface area contributed by atoms with Crippen molar-refractivity contribution in [2.45, 2.75) is 46.1 Å². The van der Waals surface area contributed by atoms with Crippen LogP contribution in [0.1, 0.15) is 37.3 Å². The highest BCUT2D eigenvalue weighted by atomic mass is 32.2. The Morgan fingerprint density at radius 3 is 2.77 bits per heavy atom. The molecule has 0 aromatic heterocycles. The van der Waals surface area contributed by atoms with Gasteiger partial charge >= 0.3 is 0 Å². The number of amides is 2. The van der Waals surface area contributed by atoms with Crippen LogP contribution >= 0.6 is 11.8 Å². The first-order valence-electron chi connectivity index (χ1n) is 7.78. The average Bonchev–Trinajstić information content (AvgIpc) is 2.98. The van der Waals surface area contributed by atoms with Gasteiger partial charge in [0.2, 0.25) is 11.8 Å². The van der Waals surface area contributed by atoms with E-state index in [-0.39, 0.29) is 17.9 Å². The lowest BCUT2D eigenvalue weighted by atomic mass is 10.1. The molecule has 0 radical (unpaired) electrons. The summed E-state index contributed by atoms with van der Waals surface area (Å²) in [6.45, 7) is 6.13. The topological polar surface area (TPSA) is 49.4 Å². The molecular formula is C17H24N2O2S. The third kappa shape index (κ3) is 4.03. The Kier molecular flexibility index (Phi) is 5.89. The highest BCUT2D eigenvalue weighted by molar-refractivity contribution is 7.99. The van der Waals surface area contributed by atoms with Crippen molar-refractivity contribution in [3.8, 4) is 0 Å². The summed E-state index contributed by atoms with van der Waals surface area (Å²) in [5, 5.41) is 2.95. The Labute approximate surface area is 136 Å². The lowest BCUT2D eigenvalue weighted by Crippen LogP contribution is -2.44. The van der Waals surface area contributed by atoms with Gasteiger partial charge in [-0.2, -0.15) is 0 Å². The van der Waals surface area contributed by atoms with Crippen LogP contribution in [0.25, 0.3) is 0 Å². The number of nitrogens with zero attached hydrogens (tertiary/aromatic N) is 1. The summed E-state index contributed by atoms with van der Waals surface area (Å²) in [4.78, 5) is 26.4. The van der Waals surface area contributed by atoms with Gasteiger partial charge in [-0.3, -0.25) is 9.59 Å². The number of anilines is 1. The molecule has 1 N–H and O–H groups in total. The van der Waals surface area contributed by atoms with Gasteiger partial charge < -0.3 is 10.2 Å². The summed E-state index contributed by atoms with van der Waals surface area (Å²) in [6, 6.07) is 5.53. The number of hydrogen-bond donors (Lipinski definition) is 1. The lowest BCUT2D eigenvalue weighted by Gasteiger charge is -2.23. The minimum absolute atomic E-state index is 0.0851. The molecule has 0 bridgehead atoms. The molecule has 1 unspecified atom stereocenters. The summed E-state index contributed by atoms with van der Waals surface area (Å²) in [5.74, 6) is 1.30. The monoisotopic (exact) mass is 320 g/mol. The van der Waals surface area contributed by atoms with Crippen LogP contribution in [0, 0.1) is 13.8 Å². The van der Waals surface area contributed by atoms with Crippen LogP contribution in [0.15, 0.2) is 18.2 Å². The predicted octanol–water partition coefficient (Wildman–Crippen LogP) is 3.33. The van der Waals surface area contributed by atoms with E-state index in [1.165, 1.54) is 5.56 Å². The predicted molar refractivity (Wildman–Crippen MR) is 92.0 cm³/mol. The Hall–Kier alpha value is -1.49. The normalized spacial score (nSPS) is 17.6. The Morgan fingerprint density at radius 2 is 2.09 bits per heavy atom. The van der Waals surface area contributed by atoms with E-state index in [1.807, 2.05) is 32.0 Å². The van der Waals surface area contributed by atoms with Crippen LogP contribution in [0.3, 0.4) is 0 Å². The zero-order valence-corrected chi connectivity index (χ0v) is 14.3. The summed E-state index contributed by atoms with van der Waals surface area (Å²) in [6.07, 6.45) is 2.40. The van der Waals surface area contributed by atoms with Crippen LogP contribution in [0.5, 0.6) is 0 Å². The van der Waals surface area contributed by atoms with Gasteiger partial charge in [-0.05, 0) is 43.5 Å². The minimum Gasteiger partial charge on any atom is -0.324 e. The zero-order valence-electron chi connectivity index (χ0n) is 13.5. The Morgan fingerprint density at radius 1 is 1.32 bits per heavy atom. The van der Waals surface area contributed by atoms with E-state index in [1.54, 1.807) is 16.7 Å². The maximum atomic E-state index is 12.5. The lowest BCUT2D eigenvalue weighted by molar-refractivity contribution is -0.136. The standard InChI is InChI=1S/C17H24N2O2S/c1-4-5-6-16(20)19-11-22-10-15(19)17(21)18-14-8-7-12(2)13(3)9-14/h7-9,15H,4-6,10-11H2,1-3H3,(H,18,21). The number of benzene rings is 1. The second-order valence-corrected chi connectivity index (χ2v) is 6.77. The van der Waals surface area contributed by atoms with Gasteiger partial charge in [0.25, 0.3) is 0 Å². The fraction of sp³-hybridized carbons (Fsp3) is 0.529. The molecule has 1 aliphatic heterocycles. The molecule has 22 heavy (non-hydrogen) atoms. The maximum absolute atomic E-state index is 12.5. The molecule has 1 fully saturated rings. The summed E-state index contributed by atoms with van der Waals surface area (Å²) in [7, 11) is 0. The molecule has 2 amide bonds. The van der Waals surface area contributed by atoms with Gasteiger partial charge in [-0.1, -0.05) is 19.4 Å². The third-order valence-corrected chi connectivity index (χ3v) is 5.04. The first-order chi connectivity index (χ1) is 10.5. The molecule has 1 atom stereocenters. The molecule has 0 spiro atoms.